The van der Waals surface area contributed by atoms with Gasteiger partial charge in [-0.25, -0.2) is 13.1 Å². The average molecular weight is 330 g/mol. The van der Waals surface area contributed by atoms with Gasteiger partial charge in [-0.15, -0.1) is 12.4 Å². The standard InChI is InChI=1S/C14H19N3O2S.ClH/c1-14(5-7-16-8-6-14)11-17-20(18,19)13-4-2-3-12(9-13)10-15;/h2-4,9,16-17H,5-8,11H2,1H3;1H. The highest BCUT2D eigenvalue weighted by Crippen LogP contribution is 2.27. The van der Waals surface area contributed by atoms with Gasteiger partial charge in [0.05, 0.1) is 16.5 Å². The summed E-state index contributed by atoms with van der Waals surface area (Å²) in [7, 11) is -3.55. The number of sulfonamides is 1. The third-order valence-corrected chi connectivity index (χ3v) is 5.17. The van der Waals surface area contributed by atoms with E-state index in [1.165, 1.54) is 12.1 Å². The van der Waals surface area contributed by atoms with Crippen LogP contribution in [0.25, 0.3) is 0 Å². The van der Waals surface area contributed by atoms with E-state index in [0.29, 0.717) is 12.1 Å². The first-order chi connectivity index (χ1) is 9.45. The first kappa shape index (κ1) is 17.9. The lowest BCUT2D eigenvalue weighted by Gasteiger charge is -2.34. The smallest absolute Gasteiger partial charge is 0.240 e. The van der Waals surface area contributed by atoms with Gasteiger partial charge in [-0.3, -0.25) is 0 Å². The van der Waals surface area contributed by atoms with E-state index >= 15 is 0 Å². The largest absolute Gasteiger partial charge is 0.317 e. The van der Waals surface area contributed by atoms with E-state index in [0.717, 1.165) is 25.9 Å². The van der Waals surface area contributed by atoms with Gasteiger partial charge in [0.2, 0.25) is 10.0 Å². The molecule has 1 saturated heterocycles. The minimum absolute atomic E-state index is 0. The molecule has 116 valence electrons. The maximum absolute atomic E-state index is 12.2. The summed E-state index contributed by atoms with van der Waals surface area (Å²) in [5.41, 5.74) is 0.339. The van der Waals surface area contributed by atoms with E-state index in [1.807, 2.05) is 6.07 Å². The van der Waals surface area contributed by atoms with Crippen molar-refractivity contribution in [1.82, 2.24) is 10.0 Å². The predicted molar refractivity (Wildman–Crippen MR) is 83.8 cm³/mol. The molecular weight excluding hydrogens is 310 g/mol. The summed E-state index contributed by atoms with van der Waals surface area (Å²) in [6.07, 6.45) is 1.90. The number of halogens is 1. The number of benzene rings is 1. The van der Waals surface area contributed by atoms with E-state index in [4.69, 9.17) is 5.26 Å². The molecule has 1 heterocycles. The molecule has 0 spiro atoms. The molecule has 1 aromatic carbocycles. The van der Waals surface area contributed by atoms with E-state index < -0.39 is 10.0 Å². The summed E-state index contributed by atoms with van der Waals surface area (Å²) >= 11 is 0. The fourth-order valence-electron chi connectivity index (χ4n) is 2.29. The number of nitrogens with one attached hydrogen (secondary N) is 2. The molecular formula is C14H20ClN3O2S. The van der Waals surface area contributed by atoms with Gasteiger partial charge in [-0.1, -0.05) is 13.0 Å². The number of piperidine rings is 1. The van der Waals surface area contributed by atoms with E-state index in [1.54, 1.807) is 12.1 Å². The lowest BCUT2D eigenvalue weighted by molar-refractivity contribution is 0.232. The Bertz CT molecular complexity index is 619. The van der Waals surface area contributed by atoms with Crippen LogP contribution in [0.4, 0.5) is 0 Å². The number of rotatable bonds is 4. The Balaban J connectivity index is 0.00000220. The van der Waals surface area contributed by atoms with Crippen LogP contribution in [-0.4, -0.2) is 28.1 Å². The van der Waals surface area contributed by atoms with E-state index in [-0.39, 0.29) is 22.7 Å². The Kier molecular flexibility index (Phi) is 6.17. The Hall–Kier alpha value is -1.13. The van der Waals surface area contributed by atoms with Crippen LogP contribution in [0.2, 0.25) is 0 Å². The quantitative estimate of drug-likeness (QED) is 0.880. The normalized spacial score (nSPS) is 17.5. The second-order valence-corrected chi connectivity index (χ2v) is 7.29. The number of hydrogen-bond acceptors (Lipinski definition) is 4. The van der Waals surface area contributed by atoms with Gasteiger partial charge in [-0.05, 0) is 49.5 Å². The lowest BCUT2D eigenvalue weighted by atomic mass is 9.81. The number of hydrogen-bond donors (Lipinski definition) is 2. The van der Waals surface area contributed by atoms with Crippen molar-refractivity contribution in [3.8, 4) is 6.07 Å². The van der Waals surface area contributed by atoms with Crippen LogP contribution < -0.4 is 10.0 Å². The molecule has 2 N–H and O–H groups in total. The van der Waals surface area contributed by atoms with Gasteiger partial charge in [-0.2, -0.15) is 5.26 Å². The fraction of sp³-hybridized carbons (Fsp3) is 0.500. The van der Waals surface area contributed by atoms with Crippen molar-refractivity contribution in [2.75, 3.05) is 19.6 Å². The summed E-state index contributed by atoms with van der Waals surface area (Å²) in [5.74, 6) is 0. The van der Waals surface area contributed by atoms with E-state index in [9.17, 15) is 8.42 Å². The number of nitrogens with zero attached hydrogens (tertiary/aromatic N) is 1. The highest BCUT2D eigenvalue weighted by molar-refractivity contribution is 7.89. The van der Waals surface area contributed by atoms with Crippen LogP contribution in [0.1, 0.15) is 25.3 Å². The monoisotopic (exact) mass is 329 g/mol. The van der Waals surface area contributed by atoms with E-state index in [2.05, 4.69) is 17.0 Å². The van der Waals surface area contributed by atoms with Crippen molar-refractivity contribution in [3.63, 3.8) is 0 Å². The molecule has 5 nitrogen and oxygen atoms in total. The molecule has 0 radical (unpaired) electrons. The Morgan fingerprint density at radius 3 is 2.67 bits per heavy atom. The molecule has 1 aromatic rings. The second kappa shape index (κ2) is 7.23. The summed E-state index contributed by atoms with van der Waals surface area (Å²) < 4.78 is 27.2. The fourth-order valence-corrected chi connectivity index (χ4v) is 3.54. The second-order valence-electron chi connectivity index (χ2n) is 5.52. The highest BCUT2D eigenvalue weighted by atomic mass is 35.5. The Labute approximate surface area is 132 Å². The molecule has 0 saturated carbocycles. The van der Waals surface area contributed by atoms with Crippen molar-refractivity contribution in [3.05, 3.63) is 29.8 Å². The van der Waals surface area contributed by atoms with Gasteiger partial charge in [0.15, 0.2) is 0 Å². The van der Waals surface area contributed by atoms with Crippen molar-refractivity contribution < 1.29 is 8.42 Å². The molecule has 7 heteroatoms. The molecule has 0 amide bonds. The SMILES string of the molecule is CC1(CNS(=O)(=O)c2cccc(C#N)c2)CCNCC1.Cl. The summed E-state index contributed by atoms with van der Waals surface area (Å²) in [4.78, 5) is 0.147. The van der Waals surface area contributed by atoms with Crippen molar-refractivity contribution in [2.24, 2.45) is 5.41 Å². The van der Waals surface area contributed by atoms with Crippen LogP contribution in [0.15, 0.2) is 29.2 Å². The molecule has 0 atom stereocenters. The van der Waals surface area contributed by atoms with Crippen LogP contribution in [0.5, 0.6) is 0 Å². The molecule has 2 rings (SSSR count). The average Bonchev–Trinajstić information content (AvgIpc) is 2.46. The minimum atomic E-state index is -3.55. The maximum atomic E-state index is 12.2. The summed E-state index contributed by atoms with van der Waals surface area (Å²) in [5, 5.41) is 12.1. The van der Waals surface area contributed by atoms with Crippen molar-refractivity contribution in [2.45, 2.75) is 24.7 Å². The zero-order valence-electron chi connectivity index (χ0n) is 11.9. The Morgan fingerprint density at radius 1 is 1.38 bits per heavy atom. The van der Waals surface area contributed by atoms with Crippen LogP contribution in [-0.2, 0) is 10.0 Å². The molecule has 0 aliphatic carbocycles. The summed E-state index contributed by atoms with van der Waals surface area (Å²) in [6, 6.07) is 8.03. The van der Waals surface area contributed by atoms with Crippen LogP contribution in [0.3, 0.4) is 0 Å². The van der Waals surface area contributed by atoms with Gasteiger partial charge >= 0.3 is 0 Å². The van der Waals surface area contributed by atoms with Crippen LogP contribution in [0, 0.1) is 16.7 Å². The zero-order chi connectivity index (χ0) is 14.6. The van der Waals surface area contributed by atoms with Gasteiger partial charge in [0.25, 0.3) is 0 Å². The first-order valence-electron chi connectivity index (χ1n) is 6.66. The molecule has 1 aliphatic rings. The molecule has 1 fully saturated rings. The van der Waals surface area contributed by atoms with Crippen molar-refractivity contribution in [1.29, 1.82) is 5.26 Å². The first-order valence-corrected chi connectivity index (χ1v) is 8.14. The third-order valence-electron chi connectivity index (χ3n) is 3.77. The molecule has 21 heavy (non-hydrogen) atoms. The van der Waals surface area contributed by atoms with Crippen molar-refractivity contribution >= 4 is 22.4 Å². The lowest BCUT2D eigenvalue weighted by Crippen LogP contribution is -2.42. The summed E-state index contributed by atoms with van der Waals surface area (Å²) in [6.45, 7) is 4.36. The van der Waals surface area contributed by atoms with Gasteiger partial charge < -0.3 is 5.32 Å². The molecule has 1 aliphatic heterocycles. The Morgan fingerprint density at radius 2 is 2.05 bits per heavy atom. The molecule has 0 unspecified atom stereocenters. The highest BCUT2D eigenvalue weighted by Gasteiger charge is 2.28. The molecule has 0 bridgehead atoms. The van der Waals surface area contributed by atoms with Crippen LogP contribution >= 0.6 is 12.4 Å². The topological polar surface area (TPSA) is 82.0 Å². The minimum Gasteiger partial charge on any atom is -0.317 e. The van der Waals surface area contributed by atoms with Gasteiger partial charge in [0.1, 0.15) is 0 Å². The number of nitriles is 1. The maximum Gasteiger partial charge on any atom is 0.240 e. The zero-order valence-corrected chi connectivity index (χ0v) is 13.6. The third kappa shape index (κ3) is 4.68. The van der Waals surface area contributed by atoms with Gasteiger partial charge in [0, 0.05) is 6.54 Å². The predicted octanol–water partition coefficient (Wildman–Crippen LogP) is 1.65. The molecule has 0 aromatic heterocycles.